The van der Waals surface area contributed by atoms with E-state index in [1.807, 2.05) is 20.8 Å². The second kappa shape index (κ2) is 7.68. The monoisotopic (exact) mass is 309 g/mol. The first-order valence-corrected chi connectivity index (χ1v) is 7.09. The van der Waals surface area contributed by atoms with Gasteiger partial charge in [0.1, 0.15) is 0 Å². The molecule has 1 amide bonds. The third kappa shape index (κ3) is 4.38. The van der Waals surface area contributed by atoms with Gasteiger partial charge in [0, 0.05) is 6.42 Å². The Kier molecular flexibility index (Phi) is 6.22. The molecule has 1 atom stereocenters. The van der Waals surface area contributed by atoms with Crippen molar-refractivity contribution in [2.24, 2.45) is 11.8 Å². The summed E-state index contributed by atoms with van der Waals surface area (Å²) in [6, 6.07) is 2.72. The van der Waals surface area contributed by atoms with Gasteiger partial charge < -0.3 is 19.9 Å². The van der Waals surface area contributed by atoms with E-state index in [4.69, 9.17) is 14.6 Å². The number of hydrogen-bond acceptors (Lipinski definition) is 4. The minimum atomic E-state index is -1.10. The Morgan fingerprint density at radius 3 is 2.27 bits per heavy atom. The highest BCUT2D eigenvalue weighted by Gasteiger charge is 2.19. The summed E-state index contributed by atoms with van der Waals surface area (Å²) in [4.78, 5) is 23.3. The van der Waals surface area contributed by atoms with E-state index in [1.54, 1.807) is 0 Å². The lowest BCUT2D eigenvalue weighted by Gasteiger charge is -2.17. The van der Waals surface area contributed by atoms with Gasteiger partial charge >= 0.3 is 5.97 Å². The maximum Gasteiger partial charge on any atom is 0.335 e. The Balaban J connectivity index is 3.08. The van der Waals surface area contributed by atoms with Gasteiger partial charge in [0.05, 0.1) is 25.5 Å². The van der Waals surface area contributed by atoms with Crippen LogP contribution in [0, 0.1) is 11.8 Å². The Morgan fingerprint density at radius 2 is 1.82 bits per heavy atom. The fourth-order valence-corrected chi connectivity index (χ4v) is 1.91. The van der Waals surface area contributed by atoms with E-state index in [0.717, 1.165) is 0 Å². The van der Waals surface area contributed by atoms with Crippen molar-refractivity contribution in [3.05, 3.63) is 17.7 Å². The summed E-state index contributed by atoms with van der Waals surface area (Å²) < 4.78 is 10.4. The Hall–Kier alpha value is -2.24. The normalized spacial score (nSPS) is 11.9. The number of ether oxygens (including phenoxy) is 2. The maximum absolute atomic E-state index is 12.1. The average Bonchev–Trinajstić information content (AvgIpc) is 2.45. The number of carboxylic acids is 1. The van der Waals surface area contributed by atoms with Crippen LogP contribution < -0.4 is 14.8 Å². The smallest absolute Gasteiger partial charge is 0.335 e. The summed E-state index contributed by atoms with van der Waals surface area (Å²) in [5.74, 6) is -0.133. The molecule has 0 saturated carbocycles. The van der Waals surface area contributed by atoms with Crippen LogP contribution >= 0.6 is 0 Å². The molecule has 1 unspecified atom stereocenters. The summed E-state index contributed by atoms with van der Waals surface area (Å²) in [5.41, 5.74) is 0.310. The first kappa shape index (κ1) is 17.8. The minimum absolute atomic E-state index is 0.0184. The van der Waals surface area contributed by atoms with Gasteiger partial charge in [-0.1, -0.05) is 20.8 Å². The van der Waals surface area contributed by atoms with E-state index in [-0.39, 0.29) is 23.1 Å². The average molecular weight is 309 g/mol. The van der Waals surface area contributed by atoms with Gasteiger partial charge in [0.2, 0.25) is 5.91 Å². The molecule has 122 valence electrons. The topological polar surface area (TPSA) is 84.9 Å². The van der Waals surface area contributed by atoms with Crippen LogP contribution in [0.1, 0.15) is 37.6 Å². The number of carbonyl (C=O) groups excluding carboxylic acids is 1. The number of benzene rings is 1. The number of aromatic carboxylic acids is 1. The second-order valence-corrected chi connectivity index (χ2v) is 5.54. The quantitative estimate of drug-likeness (QED) is 0.808. The molecular formula is C16H23NO5. The zero-order chi connectivity index (χ0) is 16.9. The van der Waals surface area contributed by atoms with Gasteiger partial charge in [-0.05, 0) is 24.0 Å². The van der Waals surface area contributed by atoms with Gasteiger partial charge in [0.25, 0.3) is 0 Å². The van der Waals surface area contributed by atoms with Crippen molar-refractivity contribution in [3.8, 4) is 11.5 Å². The van der Waals surface area contributed by atoms with Crippen molar-refractivity contribution in [1.82, 2.24) is 0 Å². The third-order valence-electron chi connectivity index (χ3n) is 3.65. The van der Waals surface area contributed by atoms with Crippen LogP contribution in [0.4, 0.5) is 5.69 Å². The predicted octanol–water partition coefficient (Wildman–Crippen LogP) is 3.02. The fourth-order valence-electron chi connectivity index (χ4n) is 1.91. The molecule has 0 bridgehead atoms. The molecule has 1 aromatic carbocycles. The van der Waals surface area contributed by atoms with Crippen LogP contribution in [0.2, 0.25) is 0 Å². The lowest BCUT2D eigenvalue weighted by Crippen LogP contribution is -2.18. The minimum Gasteiger partial charge on any atom is -0.493 e. The van der Waals surface area contributed by atoms with E-state index >= 15 is 0 Å². The maximum atomic E-state index is 12.1. The lowest BCUT2D eigenvalue weighted by atomic mass is 9.94. The van der Waals surface area contributed by atoms with E-state index in [2.05, 4.69) is 5.32 Å². The SMILES string of the molecule is COc1cc(C(=O)O)cc(NC(=O)CC(C)C(C)C)c1OC. The van der Waals surface area contributed by atoms with Crippen LogP contribution in [-0.2, 0) is 4.79 Å². The number of carboxylic acid groups (broad SMARTS) is 1. The molecule has 0 spiro atoms. The molecule has 0 aliphatic carbocycles. The number of rotatable bonds is 7. The summed E-state index contributed by atoms with van der Waals surface area (Å²) in [6.45, 7) is 6.09. The van der Waals surface area contributed by atoms with Crippen molar-refractivity contribution in [3.63, 3.8) is 0 Å². The van der Waals surface area contributed by atoms with E-state index in [1.165, 1.54) is 26.4 Å². The molecule has 0 aliphatic heterocycles. The zero-order valence-electron chi connectivity index (χ0n) is 13.6. The molecule has 6 heteroatoms. The van der Waals surface area contributed by atoms with E-state index < -0.39 is 5.97 Å². The second-order valence-electron chi connectivity index (χ2n) is 5.54. The molecule has 1 rings (SSSR count). The number of nitrogens with one attached hydrogen (secondary N) is 1. The summed E-state index contributed by atoms with van der Waals surface area (Å²) in [6.07, 6.45) is 0.348. The van der Waals surface area contributed by atoms with Crippen LogP contribution in [0.25, 0.3) is 0 Å². The lowest BCUT2D eigenvalue weighted by molar-refractivity contribution is -0.117. The predicted molar refractivity (Wildman–Crippen MR) is 83.8 cm³/mol. The van der Waals surface area contributed by atoms with Crippen molar-refractivity contribution in [2.75, 3.05) is 19.5 Å². The molecule has 0 radical (unpaired) electrons. The van der Waals surface area contributed by atoms with Crippen LogP contribution in [0.3, 0.4) is 0 Å². The highest BCUT2D eigenvalue weighted by atomic mass is 16.5. The van der Waals surface area contributed by atoms with Crippen LogP contribution in [0.5, 0.6) is 11.5 Å². The molecule has 0 fully saturated rings. The van der Waals surface area contributed by atoms with Gasteiger partial charge in [-0.25, -0.2) is 4.79 Å². The summed E-state index contributed by atoms with van der Waals surface area (Å²) >= 11 is 0. The van der Waals surface area contributed by atoms with Crippen molar-refractivity contribution >= 4 is 17.6 Å². The first-order valence-electron chi connectivity index (χ1n) is 7.09. The molecule has 22 heavy (non-hydrogen) atoms. The van der Waals surface area contributed by atoms with Gasteiger partial charge in [-0.15, -0.1) is 0 Å². The van der Waals surface area contributed by atoms with Gasteiger partial charge in [-0.3, -0.25) is 4.79 Å². The third-order valence-corrected chi connectivity index (χ3v) is 3.65. The number of carbonyl (C=O) groups is 2. The van der Waals surface area contributed by atoms with Crippen LogP contribution in [0.15, 0.2) is 12.1 Å². The molecule has 0 saturated heterocycles. The van der Waals surface area contributed by atoms with E-state index in [9.17, 15) is 9.59 Å². The van der Waals surface area contributed by atoms with E-state index in [0.29, 0.717) is 23.8 Å². The van der Waals surface area contributed by atoms with Crippen molar-refractivity contribution in [2.45, 2.75) is 27.2 Å². The van der Waals surface area contributed by atoms with Crippen molar-refractivity contribution < 1.29 is 24.2 Å². The number of amides is 1. The van der Waals surface area contributed by atoms with Crippen molar-refractivity contribution in [1.29, 1.82) is 0 Å². The molecule has 0 aromatic heterocycles. The highest BCUT2D eigenvalue weighted by molar-refractivity contribution is 5.96. The zero-order valence-corrected chi connectivity index (χ0v) is 13.6. The Bertz CT molecular complexity index is 554. The number of methoxy groups -OCH3 is 2. The molecule has 1 aromatic rings. The largest absolute Gasteiger partial charge is 0.493 e. The standard InChI is InChI=1S/C16H23NO5/c1-9(2)10(3)6-14(18)17-12-7-11(16(19)20)8-13(21-4)15(12)22-5/h7-10H,6H2,1-5H3,(H,17,18)(H,19,20). The number of hydrogen-bond donors (Lipinski definition) is 2. The first-order chi connectivity index (χ1) is 10.3. The van der Waals surface area contributed by atoms with Crippen LogP contribution in [-0.4, -0.2) is 31.2 Å². The Morgan fingerprint density at radius 1 is 1.18 bits per heavy atom. The molecule has 0 aliphatic rings. The fraction of sp³-hybridized carbons (Fsp3) is 0.500. The summed E-state index contributed by atoms with van der Waals surface area (Å²) in [7, 11) is 2.85. The van der Waals surface area contributed by atoms with Gasteiger partial charge in [0.15, 0.2) is 11.5 Å². The summed E-state index contributed by atoms with van der Waals surface area (Å²) in [5, 5.41) is 11.8. The number of anilines is 1. The molecule has 0 heterocycles. The molecule has 2 N–H and O–H groups in total. The molecular weight excluding hydrogens is 286 g/mol. The molecule has 6 nitrogen and oxygen atoms in total. The highest BCUT2D eigenvalue weighted by Crippen LogP contribution is 2.36. The Labute approximate surface area is 130 Å². The van der Waals surface area contributed by atoms with Gasteiger partial charge in [-0.2, -0.15) is 0 Å².